The lowest BCUT2D eigenvalue weighted by Gasteiger charge is -2.46. The first-order valence-electron chi connectivity index (χ1n) is 7.60. The van der Waals surface area contributed by atoms with Crippen LogP contribution in [-0.2, 0) is 31.7 Å². The fraction of sp³-hybridized carbons (Fsp3) is 0.400. The van der Waals surface area contributed by atoms with Crippen LogP contribution in [0.3, 0.4) is 0 Å². The number of carbonyl (C=O) groups excluding carboxylic acids is 1. The molecule has 8 nitrogen and oxygen atoms in total. The minimum absolute atomic E-state index is 0.149. The van der Waals surface area contributed by atoms with E-state index in [9.17, 15) is 22.0 Å². The second kappa shape index (κ2) is 6.40. The van der Waals surface area contributed by atoms with Gasteiger partial charge in [-0.15, -0.1) is 0 Å². The highest BCUT2D eigenvalue weighted by molar-refractivity contribution is 7.88. The zero-order valence-corrected chi connectivity index (χ0v) is 14.8. The smallest absolute Gasteiger partial charge is 0.322 e. The number of hydrogen-bond acceptors (Lipinski definition) is 6. The average Bonchev–Trinajstić information content (AvgIpc) is 3.02. The summed E-state index contributed by atoms with van der Waals surface area (Å²) < 4.78 is 59.9. The number of halogens is 2. The number of carbonyl (C=O) groups is 1. The van der Waals surface area contributed by atoms with Gasteiger partial charge in [0.2, 0.25) is 10.0 Å². The number of cyclic esters (lactones) is 1. The van der Waals surface area contributed by atoms with E-state index < -0.39 is 45.8 Å². The van der Waals surface area contributed by atoms with E-state index in [1.54, 1.807) is 0 Å². The normalized spacial score (nSPS) is 24.5. The molecule has 1 saturated heterocycles. The molecule has 1 fully saturated rings. The van der Waals surface area contributed by atoms with Crippen molar-refractivity contribution in [2.45, 2.75) is 25.1 Å². The average molecular weight is 386 g/mol. The van der Waals surface area contributed by atoms with Crippen LogP contribution in [0.5, 0.6) is 0 Å². The molecule has 2 heterocycles. The van der Waals surface area contributed by atoms with Crippen molar-refractivity contribution in [1.29, 1.82) is 0 Å². The zero-order chi connectivity index (χ0) is 19.1. The van der Waals surface area contributed by atoms with Crippen LogP contribution in [0, 0.1) is 11.6 Å². The van der Waals surface area contributed by atoms with Gasteiger partial charge in [0, 0.05) is 11.6 Å². The second-order valence-electron chi connectivity index (χ2n) is 6.06. The summed E-state index contributed by atoms with van der Waals surface area (Å²) in [5.41, 5.74) is -1.90. The molecular formula is C15H16F2N4O4S. The third kappa shape index (κ3) is 3.19. The number of benzene rings is 1. The van der Waals surface area contributed by atoms with E-state index in [0.717, 1.165) is 22.7 Å². The van der Waals surface area contributed by atoms with E-state index in [4.69, 9.17) is 4.74 Å². The van der Waals surface area contributed by atoms with Gasteiger partial charge in [-0.05, 0) is 19.1 Å². The Kier molecular flexibility index (Phi) is 4.53. The molecule has 2 aromatic rings. The molecule has 0 amide bonds. The summed E-state index contributed by atoms with van der Waals surface area (Å²) in [6.07, 6.45) is 3.50. The van der Waals surface area contributed by atoms with Gasteiger partial charge in [-0.3, -0.25) is 4.79 Å². The minimum Gasteiger partial charge on any atom is -0.449 e. The highest BCUT2D eigenvalue weighted by Crippen LogP contribution is 2.39. The fourth-order valence-corrected chi connectivity index (χ4v) is 4.22. The first kappa shape index (κ1) is 18.4. The largest absolute Gasteiger partial charge is 0.449 e. The number of hydrogen-bond donors (Lipinski definition) is 0. The van der Waals surface area contributed by atoms with Crippen LogP contribution in [0.1, 0.15) is 12.5 Å². The van der Waals surface area contributed by atoms with Gasteiger partial charge in [-0.2, -0.15) is 9.40 Å². The van der Waals surface area contributed by atoms with Crippen molar-refractivity contribution in [2.75, 3.05) is 12.8 Å². The number of morpholine rings is 1. The third-order valence-electron chi connectivity index (χ3n) is 4.36. The Bertz CT molecular complexity index is 935. The molecule has 1 aromatic heterocycles. The molecule has 0 saturated carbocycles. The molecule has 11 heteroatoms. The van der Waals surface area contributed by atoms with Gasteiger partial charge >= 0.3 is 5.97 Å². The topological polar surface area (TPSA) is 94.4 Å². The van der Waals surface area contributed by atoms with Crippen LogP contribution < -0.4 is 0 Å². The molecule has 0 aliphatic carbocycles. The lowest BCUT2D eigenvalue weighted by atomic mass is 9.85. The van der Waals surface area contributed by atoms with Gasteiger partial charge < -0.3 is 4.74 Å². The predicted molar refractivity (Wildman–Crippen MR) is 85.2 cm³/mol. The quantitative estimate of drug-likeness (QED) is 0.717. The van der Waals surface area contributed by atoms with Gasteiger partial charge in [0.25, 0.3) is 0 Å². The van der Waals surface area contributed by atoms with Crippen LogP contribution in [0.15, 0.2) is 30.9 Å². The Morgan fingerprint density at radius 1 is 1.38 bits per heavy atom. The number of aromatic nitrogens is 3. The van der Waals surface area contributed by atoms with Crippen LogP contribution in [-0.4, -0.2) is 52.3 Å². The summed E-state index contributed by atoms with van der Waals surface area (Å²) in [7, 11) is -3.80. The molecular weight excluding hydrogens is 370 g/mol. The zero-order valence-electron chi connectivity index (χ0n) is 14.0. The van der Waals surface area contributed by atoms with Crippen molar-refractivity contribution in [1.82, 2.24) is 19.1 Å². The number of rotatable bonds is 4. The Morgan fingerprint density at radius 2 is 2.12 bits per heavy atom. The van der Waals surface area contributed by atoms with Crippen molar-refractivity contribution in [2.24, 2.45) is 0 Å². The summed E-state index contributed by atoms with van der Waals surface area (Å²) in [5, 5.41) is 3.92. The van der Waals surface area contributed by atoms with E-state index in [0.29, 0.717) is 6.07 Å². The Labute approximate surface area is 148 Å². The molecule has 140 valence electrons. The van der Waals surface area contributed by atoms with Crippen molar-refractivity contribution in [3.8, 4) is 0 Å². The fourth-order valence-electron chi connectivity index (χ4n) is 3.14. The maximum Gasteiger partial charge on any atom is 0.322 e. The van der Waals surface area contributed by atoms with E-state index >= 15 is 0 Å². The molecule has 2 unspecified atom stereocenters. The monoisotopic (exact) mass is 386 g/mol. The number of ether oxygens (including phenoxy) is 1. The molecule has 1 aliphatic heterocycles. The molecule has 1 aromatic carbocycles. The van der Waals surface area contributed by atoms with Crippen molar-refractivity contribution < 1.29 is 26.7 Å². The molecule has 0 spiro atoms. The predicted octanol–water partition coefficient (Wildman–Crippen LogP) is 0.659. The Hall–Kier alpha value is -2.40. The van der Waals surface area contributed by atoms with Crippen LogP contribution in [0.25, 0.3) is 0 Å². The van der Waals surface area contributed by atoms with Crippen molar-refractivity contribution in [3.63, 3.8) is 0 Å². The highest BCUT2D eigenvalue weighted by Gasteiger charge is 2.53. The number of sulfonamides is 1. The van der Waals surface area contributed by atoms with Crippen LogP contribution in [0.2, 0.25) is 0 Å². The van der Waals surface area contributed by atoms with Gasteiger partial charge in [0.1, 0.15) is 30.8 Å². The van der Waals surface area contributed by atoms with Gasteiger partial charge in [-0.1, -0.05) is 0 Å². The second-order valence-corrected chi connectivity index (χ2v) is 8.00. The van der Waals surface area contributed by atoms with Gasteiger partial charge in [-0.25, -0.2) is 26.9 Å². The first-order chi connectivity index (χ1) is 12.1. The molecule has 0 radical (unpaired) electrons. The summed E-state index contributed by atoms with van der Waals surface area (Å²) in [6.45, 7) is 0.795. The standard InChI is InChI=1S/C15H16F2N4O4S/c1-10-15(7-20-9-18-8-19-20,12-4-3-11(16)5-13(12)17)25-14(22)6-21(10)26(2,23)24/h3-5,8-10H,6-7H2,1-2H3. The van der Waals surface area contributed by atoms with Gasteiger partial charge in [0.05, 0.1) is 18.8 Å². The molecule has 1 aliphatic rings. The lowest BCUT2D eigenvalue weighted by molar-refractivity contribution is -0.183. The lowest BCUT2D eigenvalue weighted by Crippen LogP contribution is -2.61. The Morgan fingerprint density at radius 3 is 2.69 bits per heavy atom. The molecule has 3 rings (SSSR count). The van der Waals surface area contributed by atoms with E-state index in [2.05, 4.69) is 10.1 Å². The van der Waals surface area contributed by atoms with Crippen LogP contribution in [0.4, 0.5) is 8.78 Å². The molecule has 0 N–H and O–H groups in total. The first-order valence-corrected chi connectivity index (χ1v) is 9.45. The van der Waals surface area contributed by atoms with Crippen molar-refractivity contribution >= 4 is 16.0 Å². The van der Waals surface area contributed by atoms with E-state index in [1.807, 2.05) is 0 Å². The number of esters is 1. The summed E-state index contributed by atoms with van der Waals surface area (Å²) in [4.78, 5) is 16.0. The Balaban J connectivity index is 2.20. The highest BCUT2D eigenvalue weighted by atomic mass is 32.2. The minimum atomic E-state index is -3.80. The SMILES string of the molecule is CC1N(S(C)(=O)=O)CC(=O)OC1(Cn1cncn1)c1ccc(F)cc1F. The molecule has 0 bridgehead atoms. The molecule has 26 heavy (non-hydrogen) atoms. The number of nitrogens with zero attached hydrogens (tertiary/aromatic N) is 4. The summed E-state index contributed by atoms with van der Waals surface area (Å²) >= 11 is 0. The van der Waals surface area contributed by atoms with Gasteiger partial charge in [0.15, 0.2) is 5.60 Å². The maximum atomic E-state index is 14.6. The molecule has 2 atom stereocenters. The van der Waals surface area contributed by atoms with E-state index in [-0.39, 0.29) is 12.1 Å². The maximum absolute atomic E-state index is 14.6. The third-order valence-corrected chi connectivity index (χ3v) is 5.66. The van der Waals surface area contributed by atoms with Crippen LogP contribution >= 0.6 is 0 Å². The summed E-state index contributed by atoms with van der Waals surface area (Å²) in [5.74, 6) is -2.62. The summed E-state index contributed by atoms with van der Waals surface area (Å²) in [6, 6.07) is 1.83. The van der Waals surface area contributed by atoms with E-state index in [1.165, 1.54) is 24.3 Å². The van der Waals surface area contributed by atoms with Crippen molar-refractivity contribution in [3.05, 3.63) is 48.1 Å².